The minimum absolute atomic E-state index is 0.0759. The number of anilines is 2. The fourth-order valence-corrected chi connectivity index (χ4v) is 3.71. The Bertz CT molecular complexity index is 752. The number of hydrogen-bond acceptors (Lipinski definition) is 3. The van der Waals surface area contributed by atoms with E-state index in [1.165, 1.54) is 37.4 Å². The van der Waals surface area contributed by atoms with E-state index >= 15 is 0 Å². The second-order valence-electron chi connectivity index (χ2n) is 7.14. The van der Waals surface area contributed by atoms with Crippen LogP contribution in [0.15, 0.2) is 42.5 Å². The van der Waals surface area contributed by atoms with Crippen LogP contribution in [0.5, 0.6) is 0 Å². The highest BCUT2D eigenvalue weighted by atomic mass is 16.3. The molecule has 1 fully saturated rings. The number of nitrogens with one attached hydrogen (secondary N) is 1. The van der Waals surface area contributed by atoms with Crippen LogP contribution in [0.3, 0.4) is 0 Å². The Kier molecular flexibility index (Phi) is 5.94. The van der Waals surface area contributed by atoms with Crippen molar-refractivity contribution in [1.82, 2.24) is 0 Å². The van der Waals surface area contributed by atoms with E-state index < -0.39 is 6.10 Å². The van der Waals surface area contributed by atoms with Crippen LogP contribution in [-0.2, 0) is 11.2 Å². The molecule has 4 heteroatoms. The lowest BCUT2D eigenvalue weighted by molar-refractivity contribution is -0.114. The summed E-state index contributed by atoms with van der Waals surface area (Å²) in [6.45, 7) is 5.74. The molecule has 0 aliphatic carbocycles. The molecule has 2 aromatic rings. The van der Waals surface area contributed by atoms with Gasteiger partial charge in [0.2, 0.25) is 5.91 Å². The number of rotatable bonds is 5. The van der Waals surface area contributed by atoms with Crippen molar-refractivity contribution in [3.8, 4) is 0 Å². The number of aliphatic hydroxyl groups excluding tert-OH is 1. The standard InChI is InChI=1S/C22H28N2O2/c1-16-19(14-22(26)18-9-5-3-6-10-18)13-20(23-17(2)25)15-21(16)24-11-7-4-8-12-24/h3,5-6,9-10,13,15,22,26H,4,7-8,11-12,14H2,1-2H3,(H,23,25). The van der Waals surface area contributed by atoms with Crippen molar-refractivity contribution in [2.24, 2.45) is 0 Å². The average molecular weight is 352 g/mol. The lowest BCUT2D eigenvalue weighted by atomic mass is 9.95. The van der Waals surface area contributed by atoms with E-state index in [0.717, 1.165) is 29.9 Å². The maximum atomic E-state index is 11.6. The molecular weight excluding hydrogens is 324 g/mol. The normalized spacial score (nSPS) is 15.6. The predicted octanol–water partition coefficient (Wildman–Crippen LogP) is 4.22. The number of carbonyl (C=O) groups excluding carboxylic acids is 1. The van der Waals surface area contributed by atoms with Crippen LogP contribution < -0.4 is 10.2 Å². The highest BCUT2D eigenvalue weighted by molar-refractivity contribution is 5.89. The van der Waals surface area contributed by atoms with Gasteiger partial charge in [-0.3, -0.25) is 4.79 Å². The van der Waals surface area contributed by atoms with Gasteiger partial charge in [-0.25, -0.2) is 0 Å². The molecule has 0 radical (unpaired) electrons. The predicted molar refractivity (Wildman–Crippen MR) is 107 cm³/mol. The zero-order valence-electron chi connectivity index (χ0n) is 15.7. The van der Waals surface area contributed by atoms with Crippen LogP contribution >= 0.6 is 0 Å². The maximum Gasteiger partial charge on any atom is 0.221 e. The summed E-state index contributed by atoms with van der Waals surface area (Å²) in [5, 5.41) is 13.6. The summed E-state index contributed by atoms with van der Waals surface area (Å²) in [4.78, 5) is 14.0. The van der Waals surface area contributed by atoms with Gasteiger partial charge in [0, 0.05) is 37.8 Å². The Labute approximate surface area is 155 Å². The molecule has 2 aromatic carbocycles. The van der Waals surface area contributed by atoms with Gasteiger partial charge < -0.3 is 15.3 Å². The number of piperidine rings is 1. The average Bonchev–Trinajstić information content (AvgIpc) is 2.65. The molecule has 1 atom stereocenters. The van der Waals surface area contributed by atoms with E-state index in [9.17, 15) is 9.90 Å². The number of hydrogen-bond donors (Lipinski definition) is 2. The van der Waals surface area contributed by atoms with Gasteiger partial charge in [0.1, 0.15) is 0 Å². The summed E-state index contributed by atoms with van der Waals surface area (Å²) >= 11 is 0. The van der Waals surface area contributed by atoms with Gasteiger partial charge in [0.25, 0.3) is 0 Å². The van der Waals surface area contributed by atoms with Gasteiger partial charge >= 0.3 is 0 Å². The Balaban J connectivity index is 1.92. The molecule has 0 aromatic heterocycles. The van der Waals surface area contributed by atoms with Gasteiger partial charge in [0.05, 0.1) is 6.10 Å². The number of carbonyl (C=O) groups is 1. The first kappa shape index (κ1) is 18.5. The Morgan fingerprint density at radius 3 is 2.50 bits per heavy atom. The van der Waals surface area contributed by atoms with Crippen molar-refractivity contribution in [1.29, 1.82) is 0 Å². The molecule has 0 spiro atoms. The largest absolute Gasteiger partial charge is 0.388 e. The number of benzene rings is 2. The molecule has 26 heavy (non-hydrogen) atoms. The summed E-state index contributed by atoms with van der Waals surface area (Å²) in [5.41, 5.74) is 5.16. The van der Waals surface area contributed by atoms with E-state index in [2.05, 4.69) is 23.2 Å². The molecule has 1 heterocycles. The Morgan fingerprint density at radius 2 is 1.85 bits per heavy atom. The number of amides is 1. The zero-order valence-corrected chi connectivity index (χ0v) is 15.7. The summed E-state index contributed by atoms with van der Waals surface area (Å²) in [5.74, 6) is -0.0759. The summed E-state index contributed by atoms with van der Waals surface area (Å²) < 4.78 is 0. The molecule has 0 bridgehead atoms. The summed E-state index contributed by atoms with van der Waals surface area (Å²) in [6, 6.07) is 13.8. The third-order valence-electron chi connectivity index (χ3n) is 5.10. The third-order valence-corrected chi connectivity index (χ3v) is 5.10. The molecule has 1 unspecified atom stereocenters. The van der Waals surface area contributed by atoms with Gasteiger partial charge in [-0.05, 0) is 55.0 Å². The molecule has 3 rings (SSSR count). The lowest BCUT2D eigenvalue weighted by Crippen LogP contribution is -2.30. The van der Waals surface area contributed by atoms with Crippen LogP contribution in [0, 0.1) is 6.92 Å². The SMILES string of the molecule is CC(=O)Nc1cc(CC(O)c2ccccc2)c(C)c(N2CCCCC2)c1. The minimum atomic E-state index is -0.559. The van der Waals surface area contributed by atoms with Crippen molar-refractivity contribution in [3.05, 3.63) is 59.2 Å². The van der Waals surface area contributed by atoms with Crippen LogP contribution in [-0.4, -0.2) is 24.1 Å². The van der Waals surface area contributed by atoms with Crippen LogP contribution in [0.4, 0.5) is 11.4 Å². The molecule has 0 saturated carbocycles. The first-order valence-corrected chi connectivity index (χ1v) is 9.43. The van der Waals surface area contributed by atoms with Crippen molar-refractivity contribution in [2.45, 2.75) is 45.6 Å². The van der Waals surface area contributed by atoms with E-state index in [-0.39, 0.29) is 5.91 Å². The first-order valence-electron chi connectivity index (χ1n) is 9.43. The third kappa shape index (κ3) is 4.44. The number of aliphatic hydroxyl groups is 1. The zero-order chi connectivity index (χ0) is 18.5. The summed E-state index contributed by atoms with van der Waals surface area (Å²) in [7, 11) is 0. The van der Waals surface area contributed by atoms with Gasteiger partial charge in [0.15, 0.2) is 0 Å². The van der Waals surface area contributed by atoms with Crippen molar-refractivity contribution in [3.63, 3.8) is 0 Å². The lowest BCUT2D eigenvalue weighted by Gasteiger charge is -2.31. The molecule has 1 aliphatic rings. The second-order valence-corrected chi connectivity index (χ2v) is 7.14. The van der Waals surface area contributed by atoms with Gasteiger partial charge in [-0.1, -0.05) is 30.3 Å². The Morgan fingerprint density at radius 1 is 1.15 bits per heavy atom. The first-order chi connectivity index (χ1) is 12.5. The molecule has 138 valence electrons. The van der Waals surface area contributed by atoms with Crippen molar-refractivity contribution in [2.75, 3.05) is 23.3 Å². The van der Waals surface area contributed by atoms with Gasteiger partial charge in [-0.15, -0.1) is 0 Å². The van der Waals surface area contributed by atoms with Crippen LogP contribution in [0.1, 0.15) is 49.0 Å². The quantitative estimate of drug-likeness (QED) is 0.847. The van der Waals surface area contributed by atoms with E-state index in [4.69, 9.17) is 0 Å². The van der Waals surface area contributed by atoms with E-state index in [0.29, 0.717) is 6.42 Å². The molecule has 4 nitrogen and oxygen atoms in total. The Hall–Kier alpha value is -2.33. The second kappa shape index (κ2) is 8.37. The highest BCUT2D eigenvalue weighted by Gasteiger charge is 2.18. The minimum Gasteiger partial charge on any atom is -0.388 e. The van der Waals surface area contributed by atoms with Crippen LogP contribution in [0.2, 0.25) is 0 Å². The molecule has 1 saturated heterocycles. The van der Waals surface area contributed by atoms with Gasteiger partial charge in [-0.2, -0.15) is 0 Å². The summed E-state index contributed by atoms with van der Waals surface area (Å²) in [6.07, 6.45) is 3.65. The topological polar surface area (TPSA) is 52.6 Å². The molecule has 1 aliphatic heterocycles. The van der Waals surface area contributed by atoms with Crippen LogP contribution in [0.25, 0.3) is 0 Å². The molecule has 2 N–H and O–H groups in total. The van der Waals surface area contributed by atoms with E-state index in [1.807, 2.05) is 36.4 Å². The van der Waals surface area contributed by atoms with Crippen molar-refractivity contribution >= 4 is 17.3 Å². The smallest absolute Gasteiger partial charge is 0.221 e. The molecule has 1 amide bonds. The number of nitrogens with zero attached hydrogens (tertiary/aromatic N) is 1. The van der Waals surface area contributed by atoms with E-state index in [1.54, 1.807) is 0 Å². The maximum absolute atomic E-state index is 11.6. The molecular formula is C22H28N2O2. The fraction of sp³-hybridized carbons (Fsp3) is 0.409. The fourth-order valence-electron chi connectivity index (χ4n) is 3.71. The van der Waals surface area contributed by atoms with Crippen molar-refractivity contribution < 1.29 is 9.90 Å². The highest BCUT2D eigenvalue weighted by Crippen LogP contribution is 2.32. The monoisotopic (exact) mass is 352 g/mol.